The zero-order valence-corrected chi connectivity index (χ0v) is 12.0. The van der Waals surface area contributed by atoms with Gasteiger partial charge in [0.2, 0.25) is 0 Å². The van der Waals surface area contributed by atoms with Crippen molar-refractivity contribution in [2.45, 2.75) is 31.9 Å². The summed E-state index contributed by atoms with van der Waals surface area (Å²) in [4.78, 5) is 0. The number of aryl methyl sites for hydroxylation is 1. The van der Waals surface area contributed by atoms with Crippen LogP contribution in [0.3, 0.4) is 0 Å². The summed E-state index contributed by atoms with van der Waals surface area (Å²) in [6, 6.07) is 10.6. The SMILES string of the molecule is CCNC(c1ccc(OC2CC2)cc1)c1ccnn1C. The monoisotopic (exact) mass is 271 g/mol. The maximum absolute atomic E-state index is 5.80. The topological polar surface area (TPSA) is 39.1 Å². The van der Waals surface area contributed by atoms with Gasteiger partial charge in [-0.25, -0.2) is 0 Å². The molecule has 20 heavy (non-hydrogen) atoms. The Morgan fingerprint density at radius 2 is 2.05 bits per heavy atom. The fourth-order valence-electron chi connectivity index (χ4n) is 2.38. The molecule has 0 bridgehead atoms. The zero-order valence-electron chi connectivity index (χ0n) is 12.0. The Balaban J connectivity index is 1.81. The molecule has 0 aliphatic heterocycles. The summed E-state index contributed by atoms with van der Waals surface area (Å²) in [6.07, 6.45) is 4.67. The molecule has 1 aromatic heterocycles. The van der Waals surface area contributed by atoms with E-state index < -0.39 is 0 Å². The average molecular weight is 271 g/mol. The van der Waals surface area contributed by atoms with E-state index in [1.807, 2.05) is 17.9 Å². The van der Waals surface area contributed by atoms with E-state index in [1.165, 1.54) is 24.1 Å². The van der Waals surface area contributed by atoms with Gasteiger partial charge in [0.1, 0.15) is 5.75 Å². The van der Waals surface area contributed by atoms with Crippen molar-refractivity contribution in [1.29, 1.82) is 0 Å². The van der Waals surface area contributed by atoms with E-state index in [4.69, 9.17) is 4.74 Å². The van der Waals surface area contributed by atoms with Crippen LogP contribution in [0, 0.1) is 0 Å². The van der Waals surface area contributed by atoms with E-state index in [-0.39, 0.29) is 6.04 Å². The number of benzene rings is 1. The summed E-state index contributed by atoms with van der Waals surface area (Å²) in [5.74, 6) is 0.969. The van der Waals surface area contributed by atoms with Crippen molar-refractivity contribution in [2.24, 2.45) is 7.05 Å². The molecule has 3 rings (SSSR count). The summed E-state index contributed by atoms with van der Waals surface area (Å²) in [5, 5.41) is 7.78. The van der Waals surface area contributed by atoms with Crippen molar-refractivity contribution in [3.05, 3.63) is 47.8 Å². The molecule has 1 aromatic carbocycles. The molecule has 0 spiro atoms. The van der Waals surface area contributed by atoms with Gasteiger partial charge in [-0.05, 0) is 43.1 Å². The van der Waals surface area contributed by atoms with E-state index in [0.29, 0.717) is 6.10 Å². The predicted octanol–water partition coefficient (Wildman–Crippen LogP) is 2.66. The fraction of sp³-hybridized carbons (Fsp3) is 0.438. The molecular formula is C16H21N3O. The van der Waals surface area contributed by atoms with Gasteiger partial charge in [0, 0.05) is 13.2 Å². The normalized spacial score (nSPS) is 16.1. The van der Waals surface area contributed by atoms with Gasteiger partial charge in [-0.1, -0.05) is 19.1 Å². The van der Waals surface area contributed by atoms with Crippen molar-refractivity contribution in [3.8, 4) is 5.75 Å². The van der Waals surface area contributed by atoms with Gasteiger partial charge >= 0.3 is 0 Å². The molecule has 1 fully saturated rings. The second-order valence-electron chi connectivity index (χ2n) is 5.26. The van der Waals surface area contributed by atoms with Gasteiger partial charge < -0.3 is 10.1 Å². The quantitative estimate of drug-likeness (QED) is 0.878. The Morgan fingerprint density at radius 1 is 1.30 bits per heavy atom. The molecule has 1 unspecified atom stereocenters. The first-order valence-corrected chi connectivity index (χ1v) is 7.26. The molecular weight excluding hydrogens is 250 g/mol. The van der Waals surface area contributed by atoms with E-state index in [1.54, 1.807) is 0 Å². The number of ether oxygens (including phenoxy) is 1. The zero-order chi connectivity index (χ0) is 13.9. The summed E-state index contributed by atoms with van der Waals surface area (Å²) in [5.41, 5.74) is 2.40. The predicted molar refractivity (Wildman–Crippen MR) is 78.8 cm³/mol. The van der Waals surface area contributed by atoms with Crippen LogP contribution < -0.4 is 10.1 Å². The van der Waals surface area contributed by atoms with Crippen LogP contribution in [-0.2, 0) is 7.05 Å². The van der Waals surface area contributed by atoms with Gasteiger partial charge in [0.05, 0.1) is 17.8 Å². The highest BCUT2D eigenvalue weighted by Crippen LogP contribution is 2.28. The molecule has 106 valence electrons. The number of nitrogens with one attached hydrogen (secondary N) is 1. The first-order valence-electron chi connectivity index (χ1n) is 7.26. The van der Waals surface area contributed by atoms with E-state index >= 15 is 0 Å². The Morgan fingerprint density at radius 3 is 2.60 bits per heavy atom. The van der Waals surface area contributed by atoms with Crippen LogP contribution >= 0.6 is 0 Å². The maximum Gasteiger partial charge on any atom is 0.119 e. The number of nitrogens with zero attached hydrogens (tertiary/aromatic N) is 2. The second-order valence-corrected chi connectivity index (χ2v) is 5.26. The Hall–Kier alpha value is -1.81. The summed E-state index contributed by atoms with van der Waals surface area (Å²) < 4.78 is 7.72. The van der Waals surface area contributed by atoms with Crippen molar-refractivity contribution in [3.63, 3.8) is 0 Å². The summed E-state index contributed by atoms with van der Waals surface area (Å²) in [6.45, 7) is 3.03. The van der Waals surface area contributed by atoms with Gasteiger partial charge in [-0.2, -0.15) is 5.10 Å². The van der Waals surface area contributed by atoms with Crippen LogP contribution in [0.2, 0.25) is 0 Å². The molecule has 1 aliphatic rings. The summed E-state index contributed by atoms with van der Waals surface area (Å²) in [7, 11) is 1.98. The van der Waals surface area contributed by atoms with Crippen molar-refractivity contribution in [1.82, 2.24) is 15.1 Å². The maximum atomic E-state index is 5.80. The van der Waals surface area contributed by atoms with Crippen LogP contribution in [0.15, 0.2) is 36.5 Å². The van der Waals surface area contributed by atoms with Crippen LogP contribution in [0.25, 0.3) is 0 Å². The average Bonchev–Trinajstić information content (AvgIpc) is 3.17. The molecule has 2 aromatic rings. The minimum Gasteiger partial charge on any atom is -0.490 e. The molecule has 0 amide bonds. The lowest BCUT2D eigenvalue weighted by Crippen LogP contribution is -2.24. The minimum atomic E-state index is 0.169. The highest BCUT2D eigenvalue weighted by molar-refractivity contribution is 5.33. The van der Waals surface area contributed by atoms with Gasteiger partial charge in [0.15, 0.2) is 0 Å². The third-order valence-corrected chi connectivity index (χ3v) is 3.60. The first-order chi connectivity index (χ1) is 9.78. The third kappa shape index (κ3) is 2.85. The van der Waals surface area contributed by atoms with Gasteiger partial charge in [-0.15, -0.1) is 0 Å². The molecule has 1 heterocycles. The molecule has 1 atom stereocenters. The Kier molecular flexibility index (Phi) is 3.74. The fourth-order valence-corrected chi connectivity index (χ4v) is 2.38. The van der Waals surface area contributed by atoms with Crippen LogP contribution in [0.5, 0.6) is 5.75 Å². The molecule has 4 heteroatoms. The second kappa shape index (κ2) is 5.67. The van der Waals surface area contributed by atoms with Crippen LogP contribution in [0.1, 0.15) is 37.1 Å². The third-order valence-electron chi connectivity index (χ3n) is 3.60. The number of hydrogen-bond donors (Lipinski definition) is 1. The Bertz CT molecular complexity index is 557. The number of rotatable bonds is 6. The molecule has 1 aliphatic carbocycles. The number of hydrogen-bond acceptors (Lipinski definition) is 3. The highest BCUT2D eigenvalue weighted by Gasteiger charge is 2.23. The Labute approximate surface area is 119 Å². The largest absolute Gasteiger partial charge is 0.490 e. The molecule has 1 N–H and O–H groups in total. The lowest BCUT2D eigenvalue weighted by Gasteiger charge is -2.19. The van der Waals surface area contributed by atoms with Crippen molar-refractivity contribution in [2.75, 3.05) is 6.54 Å². The number of aromatic nitrogens is 2. The van der Waals surface area contributed by atoms with Gasteiger partial charge in [-0.3, -0.25) is 4.68 Å². The molecule has 1 saturated carbocycles. The minimum absolute atomic E-state index is 0.169. The highest BCUT2D eigenvalue weighted by atomic mass is 16.5. The lowest BCUT2D eigenvalue weighted by molar-refractivity contribution is 0.303. The molecule has 0 radical (unpaired) electrons. The van der Waals surface area contributed by atoms with E-state index in [9.17, 15) is 0 Å². The van der Waals surface area contributed by atoms with Gasteiger partial charge in [0.25, 0.3) is 0 Å². The van der Waals surface area contributed by atoms with Crippen LogP contribution in [0.4, 0.5) is 0 Å². The van der Waals surface area contributed by atoms with Crippen molar-refractivity contribution < 1.29 is 4.74 Å². The van der Waals surface area contributed by atoms with Crippen molar-refractivity contribution >= 4 is 0 Å². The summed E-state index contributed by atoms with van der Waals surface area (Å²) >= 11 is 0. The first kappa shape index (κ1) is 13.2. The molecule has 4 nitrogen and oxygen atoms in total. The van der Waals surface area contributed by atoms with E-state index in [2.05, 4.69) is 47.7 Å². The van der Waals surface area contributed by atoms with Crippen LogP contribution in [-0.4, -0.2) is 22.4 Å². The standard InChI is InChI=1S/C16H21N3O/c1-3-17-16(15-10-11-18-19(15)2)12-4-6-13(7-5-12)20-14-8-9-14/h4-7,10-11,14,16-17H,3,8-9H2,1-2H3. The smallest absolute Gasteiger partial charge is 0.119 e. The van der Waals surface area contributed by atoms with E-state index in [0.717, 1.165) is 12.3 Å². The molecule has 0 saturated heterocycles. The lowest BCUT2D eigenvalue weighted by atomic mass is 10.0.